The van der Waals surface area contributed by atoms with Crippen LogP contribution in [0.4, 0.5) is 0 Å². The standard InChI is InChI=1S/C10H14ClN3O2S2/c1-4-14(6-7(2)5-12)18(15,16)9-8(3)13-10(11)17-9/h7H,4,6H2,1-3H3. The van der Waals surface area contributed by atoms with Crippen molar-refractivity contribution in [3.63, 3.8) is 0 Å². The lowest BCUT2D eigenvalue weighted by molar-refractivity contribution is 0.400. The lowest BCUT2D eigenvalue weighted by Crippen LogP contribution is -2.34. The van der Waals surface area contributed by atoms with Crippen LogP contribution in [0.5, 0.6) is 0 Å². The van der Waals surface area contributed by atoms with Crippen LogP contribution in [0, 0.1) is 24.2 Å². The van der Waals surface area contributed by atoms with Crippen molar-refractivity contribution < 1.29 is 8.42 Å². The molecular formula is C10H14ClN3O2S2. The molecule has 0 amide bonds. The number of hydrogen-bond donors (Lipinski definition) is 0. The molecule has 0 radical (unpaired) electrons. The van der Waals surface area contributed by atoms with Crippen molar-refractivity contribution in [2.24, 2.45) is 5.92 Å². The quantitative estimate of drug-likeness (QED) is 0.836. The summed E-state index contributed by atoms with van der Waals surface area (Å²) < 4.78 is 26.4. The summed E-state index contributed by atoms with van der Waals surface area (Å²) in [5.41, 5.74) is 0.396. The molecular weight excluding hydrogens is 294 g/mol. The molecule has 0 aliphatic carbocycles. The molecule has 0 aliphatic rings. The lowest BCUT2D eigenvalue weighted by Gasteiger charge is -2.20. The van der Waals surface area contributed by atoms with E-state index in [9.17, 15) is 8.42 Å². The van der Waals surface area contributed by atoms with Crippen molar-refractivity contribution in [2.75, 3.05) is 13.1 Å². The second-order valence-electron chi connectivity index (χ2n) is 3.83. The maximum Gasteiger partial charge on any atom is 0.254 e. The van der Waals surface area contributed by atoms with E-state index in [1.54, 1.807) is 20.8 Å². The highest BCUT2D eigenvalue weighted by Crippen LogP contribution is 2.29. The Morgan fingerprint density at radius 1 is 1.61 bits per heavy atom. The average Bonchev–Trinajstić information content (AvgIpc) is 2.65. The van der Waals surface area contributed by atoms with Crippen molar-refractivity contribution in [3.05, 3.63) is 10.2 Å². The molecule has 1 unspecified atom stereocenters. The molecule has 0 aromatic carbocycles. The Bertz CT molecular complexity index is 562. The predicted octanol–water partition coefficient (Wildman–Crippen LogP) is 2.28. The van der Waals surface area contributed by atoms with E-state index in [2.05, 4.69) is 4.98 Å². The number of sulfonamides is 1. The maximum atomic E-state index is 12.4. The fourth-order valence-corrected chi connectivity index (χ4v) is 4.86. The SMILES string of the molecule is CCN(CC(C)C#N)S(=O)(=O)c1sc(Cl)nc1C. The molecule has 0 aliphatic heterocycles. The lowest BCUT2D eigenvalue weighted by atomic mass is 10.2. The van der Waals surface area contributed by atoms with E-state index in [-0.39, 0.29) is 21.1 Å². The zero-order valence-electron chi connectivity index (χ0n) is 10.3. The summed E-state index contributed by atoms with van der Waals surface area (Å²) in [6, 6.07) is 2.03. The van der Waals surface area contributed by atoms with Crippen LogP contribution in [-0.2, 0) is 10.0 Å². The van der Waals surface area contributed by atoms with Gasteiger partial charge in [0.15, 0.2) is 8.68 Å². The van der Waals surface area contributed by atoms with Crippen LogP contribution >= 0.6 is 22.9 Å². The summed E-state index contributed by atoms with van der Waals surface area (Å²) in [5.74, 6) is -0.358. The number of nitrogens with zero attached hydrogens (tertiary/aromatic N) is 3. The summed E-state index contributed by atoms with van der Waals surface area (Å²) in [7, 11) is -3.61. The van der Waals surface area contributed by atoms with Gasteiger partial charge in [-0.05, 0) is 13.8 Å². The van der Waals surface area contributed by atoms with E-state index >= 15 is 0 Å². The molecule has 1 heterocycles. The summed E-state index contributed by atoms with van der Waals surface area (Å²) in [5, 5.41) is 8.77. The van der Waals surface area contributed by atoms with Crippen LogP contribution in [0.2, 0.25) is 4.47 Å². The van der Waals surface area contributed by atoms with Gasteiger partial charge in [0.1, 0.15) is 0 Å². The molecule has 0 N–H and O–H groups in total. The van der Waals surface area contributed by atoms with Crippen LogP contribution in [0.15, 0.2) is 4.21 Å². The van der Waals surface area contributed by atoms with Crippen molar-refractivity contribution >= 4 is 33.0 Å². The third-order valence-corrected chi connectivity index (χ3v) is 6.14. The first-order valence-electron chi connectivity index (χ1n) is 5.35. The van der Waals surface area contributed by atoms with Gasteiger partial charge in [-0.15, -0.1) is 0 Å². The van der Waals surface area contributed by atoms with Gasteiger partial charge < -0.3 is 0 Å². The molecule has 0 bridgehead atoms. The maximum absolute atomic E-state index is 12.4. The van der Waals surface area contributed by atoms with Gasteiger partial charge in [-0.25, -0.2) is 13.4 Å². The van der Waals surface area contributed by atoms with Crippen LogP contribution in [0.1, 0.15) is 19.5 Å². The van der Waals surface area contributed by atoms with Crippen LogP contribution in [0.3, 0.4) is 0 Å². The van der Waals surface area contributed by atoms with E-state index in [1.165, 1.54) is 4.31 Å². The second kappa shape index (κ2) is 5.97. The summed E-state index contributed by atoms with van der Waals surface area (Å²) in [4.78, 5) is 3.91. The summed E-state index contributed by atoms with van der Waals surface area (Å²) in [6.45, 7) is 5.51. The number of rotatable bonds is 5. The molecule has 8 heteroatoms. The highest BCUT2D eigenvalue weighted by Gasteiger charge is 2.28. The summed E-state index contributed by atoms with van der Waals surface area (Å²) in [6.07, 6.45) is 0. The first-order chi connectivity index (χ1) is 8.32. The zero-order chi connectivity index (χ0) is 13.9. The predicted molar refractivity (Wildman–Crippen MR) is 71.1 cm³/mol. The fourth-order valence-electron chi connectivity index (χ4n) is 1.45. The minimum absolute atomic E-state index is 0.152. The smallest absolute Gasteiger partial charge is 0.229 e. The molecule has 5 nitrogen and oxygen atoms in total. The van der Waals surface area contributed by atoms with Gasteiger partial charge in [-0.3, -0.25) is 0 Å². The Morgan fingerprint density at radius 3 is 2.61 bits per heavy atom. The van der Waals surface area contributed by atoms with Crippen molar-refractivity contribution in [2.45, 2.75) is 25.0 Å². The Hall–Kier alpha value is -0.680. The molecule has 1 rings (SSSR count). The molecule has 1 aromatic rings. The average molecular weight is 308 g/mol. The molecule has 100 valence electrons. The number of aryl methyl sites for hydroxylation is 1. The van der Waals surface area contributed by atoms with Crippen LogP contribution in [0.25, 0.3) is 0 Å². The molecule has 0 saturated carbocycles. The third-order valence-electron chi connectivity index (χ3n) is 2.35. The Balaban J connectivity index is 3.12. The number of hydrogen-bond acceptors (Lipinski definition) is 5. The van der Waals surface area contributed by atoms with E-state index in [4.69, 9.17) is 16.9 Å². The van der Waals surface area contributed by atoms with E-state index < -0.39 is 10.0 Å². The third kappa shape index (κ3) is 3.20. The van der Waals surface area contributed by atoms with Gasteiger partial charge in [0.25, 0.3) is 10.0 Å². The van der Waals surface area contributed by atoms with Crippen molar-refractivity contribution in [1.29, 1.82) is 5.26 Å². The Morgan fingerprint density at radius 2 is 2.22 bits per heavy atom. The van der Waals surface area contributed by atoms with Gasteiger partial charge in [-0.1, -0.05) is 29.9 Å². The van der Waals surface area contributed by atoms with Gasteiger partial charge in [-0.2, -0.15) is 9.57 Å². The first kappa shape index (κ1) is 15.4. The van der Waals surface area contributed by atoms with Gasteiger partial charge >= 0.3 is 0 Å². The molecule has 18 heavy (non-hydrogen) atoms. The number of nitriles is 1. The van der Waals surface area contributed by atoms with E-state index in [1.807, 2.05) is 6.07 Å². The minimum Gasteiger partial charge on any atom is -0.229 e. The Kier molecular flexibility index (Phi) is 5.10. The van der Waals surface area contributed by atoms with E-state index in [0.29, 0.717) is 12.2 Å². The molecule has 1 atom stereocenters. The molecule has 0 fully saturated rings. The number of aromatic nitrogens is 1. The zero-order valence-corrected chi connectivity index (χ0v) is 12.7. The van der Waals surface area contributed by atoms with Crippen LogP contribution in [-0.4, -0.2) is 30.8 Å². The number of halogens is 1. The highest BCUT2D eigenvalue weighted by atomic mass is 35.5. The number of thiazole rings is 1. The van der Waals surface area contributed by atoms with Crippen LogP contribution < -0.4 is 0 Å². The van der Waals surface area contributed by atoms with Gasteiger partial charge in [0.05, 0.1) is 17.7 Å². The normalized spacial score (nSPS) is 13.6. The highest BCUT2D eigenvalue weighted by molar-refractivity contribution is 7.91. The van der Waals surface area contributed by atoms with Gasteiger partial charge in [0.2, 0.25) is 0 Å². The Labute approximate surface area is 116 Å². The van der Waals surface area contributed by atoms with Crippen molar-refractivity contribution in [1.82, 2.24) is 9.29 Å². The molecule has 0 spiro atoms. The first-order valence-corrected chi connectivity index (χ1v) is 7.99. The van der Waals surface area contributed by atoms with E-state index in [0.717, 1.165) is 11.3 Å². The molecule has 1 aromatic heterocycles. The second-order valence-corrected chi connectivity index (χ2v) is 7.54. The topological polar surface area (TPSA) is 74.1 Å². The summed E-state index contributed by atoms with van der Waals surface area (Å²) >= 11 is 6.67. The largest absolute Gasteiger partial charge is 0.254 e. The minimum atomic E-state index is -3.61. The fraction of sp³-hybridized carbons (Fsp3) is 0.600. The van der Waals surface area contributed by atoms with Gasteiger partial charge in [0, 0.05) is 13.1 Å². The monoisotopic (exact) mass is 307 g/mol. The van der Waals surface area contributed by atoms with Crippen molar-refractivity contribution in [3.8, 4) is 6.07 Å². The molecule has 0 saturated heterocycles.